The molecule has 1 aromatic carbocycles. The number of hydrogen-bond donors (Lipinski definition) is 1. The zero-order valence-electron chi connectivity index (χ0n) is 16.1. The van der Waals surface area contributed by atoms with E-state index in [1.165, 1.54) is 17.8 Å². The van der Waals surface area contributed by atoms with Crippen LogP contribution in [0.5, 0.6) is 0 Å². The lowest BCUT2D eigenvalue weighted by Gasteiger charge is -2.10. The van der Waals surface area contributed by atoms with Gasteiger partial charge in [0.05, 0.1) is 12.2 Å². The number of benzene rings is 1. The molecule has 2 heterocycles. The van der Waals surface area contributed by atoms with Crippen molar-refractivity contribution in [1.29, 1.82) is 0 Å². The molecule has 2 N–H and O–H groups in total. The van der Waals surface area contributed by atoms with Crippen molar-refractivity contribution < 1.29 is 9.53 Å². The molecule has 30 heavy (non-hydrogen) atoms. The fourth-order valence-electron chi connectivity index (χ4n) is 2.90. The number of anilines is 1. The van der Waals surface area contributed by atoms with Gasteiger partial charge in [0.25, 0.3) is 5.56 Å². The molecule has 0 fully saturated rings. The highest BCUT2D eigenvalue weighted by Gasteiger charge is 2.17. The molecule has 7 nitrogen and oxygen atoms in total. The topological polar surface area (TPSA) is 99.6 Å². The van der Waals surface area contributed by atoms with Crippen LogP contribution in [0.2, 0.25) is 0 Å². The van der Waals surface area contributed by atoms with Gasteiger partial charge >= 0.3 is 0 Å². The molecule has 4 rings (SSSR count). The molecule has 0 bridgehead atoms. The van der Waals surface area contributed by atoms with Crippen LogP contribution in [-0.4, -0.2) is 26.1 Å². The minimum Gasteiger partial charge on any atom is -0.490 e. The zero-order chi connectivity index (χ0) is 21.1. The third-order valence-corrected chi connectivity index (χ3v) is 6.15. The Kier molecular flexibility index (Phi) is 5.82. The number of carbonyl (C=O) groups is 1. The van der Waals surface area contributed by atoms with Crippen molar-refractivity contribution in [3.8, 4) is 0 Å². The molecule has 0 radical (unpaired) electrons. The van der Waals surface area contributed by atoms with Crippen LogP contribution in [-0.2, 0) is 15.3 Å². The maximum Gasteiger partial charge on any atom is 0.283 e. The molecule has 0 amide bonds. The van der Waals surface area contributed by atoms with Crippen LogP contribution < -0.4 is 11.3 Å². The van der Waals surface area contributed by atoms with Crippen molar-refractivity contribution >= 4 is 45.9 Å². The highest BCUT2D eigenvalue weighted by atomic mass is 32.2. The Balaban J connectivity index is 1.72. The summed E-state index contributed by atoms with van der Waals surface area (Å²) in [5, 5.41) is 0.670. The summed E-state index contributed by atoms with van der Waals surface area (Å²) in [6, 6.07) is 10.0. The molecule has 0 aliphatic heterocycles. The number of carbonyl (C=O) groups excluding carboxylic acids is 1. The van der Waals surface area contributed by atoms with Crippen LogP contribution in [0, 0.1) is 0 Å². The van der Waals surface area contributed by atoms with Crippen LogP contribution in [0.25, 0.3) is 11.0 Å². The quantitative estimate of drug-likeness (QED) is 0.588. The third-order valence-electron chi connectivity index (χ3n) is 4.32. The molecule has 1 aliphatic rings. The van der Waals surface area contributed by atoms with Crippen molar-refractivity contribution in [2.45, 2.75) is 17.8 Å². The average Bonchev–Trinajstić information content (AvgIpc) is 3.15. The lowest BCUT2D eigenvalue weighted by Crippen LogP contribution is -2.17. The highest BCUT2D eigenvalue weighted by Crippen LogP contribution is 2.28. The smallest absolute Gasteiger partial charge is 0.283 e. The van der Waals surface area contributed by atoms with Gasteiger partial charge in [-0.2, -0.15) is 9.36 Å². The van der Waals surface area contributed by atoms with Gasteiger partial charge in [0.1, 0.15) is 5.82 Å². The summed E-state index contributed by atoms with van der Waals surface area (Å²) >= 11 is 2.65. The van der Waals surface area contributed by atoms with Crippen LogP contribution in [0.1, 0.15) is 18.1 Å². The highest BCUT2D eigenvalue weighted by molar-refractivity contribution is 7.98. The molecular formula is C21H18N4O3S2. The zero-order valence-corrected chi connectivity index (χ0v) is 17.7. The second-order valence-corrected chi connectivity index (χ2v) is 8.03. The Morgan fingerprint density at radius 3 is 2.80 bits per heavy atom. The number of fused-ring (bicyclic) bond motifs is 1. The molecule has 2 aromatic heterocycles. The second kappa shape index (κ2) is 8.68. The number of aromatic nitrogens is 3. The van der Waals surface area contributed by atoms with E-state index in [0.717, 1.165) is 17.1 Å². The fraction of sp³-hybridized carbons (Fsp3) is 0.143. The van der Waals surface area contributed by atoms with E-state index in [1.807, 2.05) is 30.3 Å². The van der Waals surface area contributed by atoms with Gasteiger partial charge in [-0.05, 0) is 36.3 Å². The third kappa shape index (κ3) is 4.07. The second-order valence-electron chi connectivity index (χ2n) is 6.36. The van der Waals surface area contributed by atoms with Gasteiger partial charge in [0, 0.05) is 17.3 Å². The fourth-order valence-corrected chi connectivity index (χ4v) is 4.71. The first-order valence-electron chi connectivity index (χ1n) is 9.20. The maximum absolute atomic E-state index is 12.6. The van der Waals surface area contributed by atoms with E-state index >= 15 is 0 Å². The van der Waals surface area contributed by atoms with Crippen molar-refractivity contribution in [2.24, 2.45) is 0 Å². The number of thioether (sulfide) groups is 1. The van der Waals surface area contributed by atoms with Gasteiger partial charge in [0.2, 0.25) is 10.7 Å². The first-order chi connectivity index (χ1) is 14.6. The molecular weight excluding hydrogens is 420 g/mol. The molecule has 0 saturated heterocycles. The minimum absolute atomic E-state index is 0.214. The molecule has 9 heteroatoms. The first-order valence-corrected chi connectivity index (χ1v) is 11.0. The number of rotatable bonds is 6. The maximum atomic E-state index is 12.6. The lowest BCUT2D eigenvalue weighted by molar-refractivity contribution is -0.114. The number of allylic oxidation sites excluding steroid dienone is 4. The summed E-state index contributed by atoms with van der Waals surface area (Å²) < 4.78 is 11.5. The van der Waals surface area contributed by atoms with E-state index in [-0.39, 0.29) is 22.9 Å². The van der Waals surface area contributed by atoms with Crippen LogP contribution in [0.3, 0.4) is 0 Å². The molecule has 152 valence electrons. The summed E-state index contributed by atoms with van der Waals surface area (Å²) in [5.41, 5.74) is 7.95. The van der Waals surface area contributed by atoms with Gasteiger partial charge in [-0.3, -0.25) is 9.59 Å². The number of ether oxygens (including phenoxy) is 1. The number of hydrogen-bond acceptors (Lipinski definition) is 8. The van der Waals surface area contributed by atoms with E-state index in [0.29, 0.717) is 28.1 Å². The standard InChI is InChI=1S/C21H18N4O3S2/c1-2-28-17-11-14(8-9-16(17)26)10-15-18(22)25-20(23-19(15)27)30-24-21(25)29-12-13-6-4-3-5-7-13/h3-11H,2,12,22H2,1H3/b14-10+. The number of nitrogen functional groups attached to an aromatic ring is 1. The van der Waals surface area contributed by atoms with E-state index < -0.39 is 5.56 Å². The van der Waals surface area contributed by atoms with Crippen molar-refractivity contribution in [2.75, 3.05) is 12.3 Å². The Morgan fingerprint density at radius 2 is 2.03 bits per heavy atom. The normalized spacial score (nSPS) is 15.0. The number of ketones is 1. The Hall–Kier alpha value is -3.17. The van der Waals surface area contributed by atoms with Crippen LogP contribution in [0.4, 0.5) is 5.82 Å². The van der Waals surface area contributed by atoms with E-state index in [1.54, 1.807) is 29.6 Å². The predicted octanol–water partition coefficient (Wildman–Crippen LogP) is 3.47. The van der Waals surface area contributed by atoms with E-state index in [2.05, 4.69) is 9.36 Å². The Morgan fingerprint density at radius 1 is 1.23 bits per heavy atom. The monoisotopic (exact) mass is 438 g/mol. The molecule has 3 aromatic rings. The Bertz CT molecular complexity index is 1260. The van der Waals surface area contributed by atoms with Gasteiger partial charge in [0.15, 0.2) is 10.9 Å². The first kappa shape index (κ1) is 20.1. The van der Waals surface area contributed by atoms with E-state index in [9.17, 15) is 9.59 Å². The number of nitrogens with two attached hydrogens (primary N) is 1. The SMILES string of the molecule is CCOC1=C/C(=C/c2c(N)n3c(SCc4ccccc4)nsc3nc2=O)C=CC1=O. The Labute approximate surface area is 180 Å². The van der Waals surface area contributed by atoms with Crippen molar-refractivity contribution in [3.63, 3.8) is 0 Å². The molecule has 0 spiro atoms. The summed E-state index contributed by atoms with van der Waals surface area (Å²) in [6.07, 6.45) is 6.23. The summed E-state index contributed by atoms with van der Waals surface area (Å²) in [6.45, 7) is 2.18. The summed E-state index contributed by atoms with van der Waals surface area (Å²) in [5.74, 6) is 0.995. The van der Waals surface area contributed by atoms with Gasteiger partial charge in [-0.25, -0.2) is 4.40 Å². The molecule has 1 aliphatic carbocycles. The van der Waals surface area contributed by atoms with Crippen LogP contribution in [0.15, 0.2) is 69.8 Å². The average molecular weight is 439 g/mol. The largest absolute Gasteiger partial charge is 0.490 e. The van der Waals surface area contributed by atoms with E-state index in [4.69, 9.17) is 10.5 Å². The molecule has 0 unspecified atom stereocenters. The molecule has 0 saturated carbocycles. The minimum atomic E-state index is -0.445. The number of nitrogens with zero attached hydrogens (tertiary/aromatic N) is 3. The lowest BCUT2D eigenvalue weighted by atomic mass is 10.0. The summed E-state index contributed by atoms with van der Waals surface area (Å²) in [7, 11) is 0. The predicted molar refractivity (Wildman–Crippen MR) is 119 cm³/mol. The summed E-state index contributed by atoms with van der Waals surface area (Å²) in [4.78, 5) is 29.0. The van der Waals surface area contributed by atoms with Crippen molar-refractivity contribution in [3.05, 3.63) is 81.4 Å². The van der Waals surface area contributed by atoms with Gasteiger partial charge < -0.3 is 10.5 Å². The molecule has 0 atom stereocenters. The van der Waals surface area contributed by atoms with Gasteiger partial charge in [-0.15, -0.1) is 0 Å². The van der Waals surface area contributed by atoms with Crippen molar-refractivity contribution in [1.82, 2.24) is 13.8 Å². The van der Waals surface area contributed by atoms with Crippen LogP contribution >= 0.6 is 23.3 Å². The van der Waals surface area contributed by atoms with Gasteiger partial charge in [-0.1, -0.05) is 48.2 Å².